The van der Waals surface area contributed by atoms with E-state index in [2.05, 4.69) is 6.92 Å². The molecule has 17 heavy (non-hydrogen) atoms. The Balaban J connectivity index is 2.86. The van der Waals surface area contributed by atoms with Gasteiger partial charge in [0.2, 0.25) is 0 Å². The predicted octanol–water partition coefficient (Wildman–Crippen LogP) is 3.82. The number of rotatable bonds is 6. The molecule has 92 valence electrons. The van der Waals surface area contributed by atoms with Gasteiger partial charge in [0, 0.05) is 0 Å². The lowest BCUT2D eigenvalue weighted by Crippen LogP contribution is -2.06. The quantitative estimate of drug-likeness (QED) is 0.423. The van der Waals surface area contributed by atoms with Gasteiger partial charge in [0.15, 0.2) is 0 Å². The van der Waals surface area contributed by atoms with Crippen LogP contribution in [0.15, 0.2) is 36.4 Å². The zero-order valence-corrected chi connectivity index (χ0v) is 10.6. The third-order valence-electron chi connectivity index (χ3n) is 2.49. The Morgan fingerprint density at radius 1 is 1.24 bits per heavy atom. The number of esters is 1. The summed E-state index contributed by atoms with van der Waals surface area (Å²) >= 11 is 0. The van der Waals surface area contributed by atoms with Crippen molar-refractivity contribution >= 4 is 11.5 Å². The number of ether oxygens (including phenoxy) is 1. The SMILES string of the molecule is CCCC/C=C(\C(=O)OCC)c1ccccc1. The van der Waals surface area contributed by atoms with Crippen LogP contribution in [-0.4, -0.2) is 12.6 Å². The highest BCUT2D eigenvalue weighted by atomic mass is 16.5. The van der Waals surface area contributed by atoms with Crippen LogP contribution in [0, 0.1) is 0 Å². The molecule has 2 nitrogen and oxygen atoms in total. The normalized spacial score (nSPS) is 11.3. The molecular weight excluding hydrogens is 212 g/mol. The Kier molecular flexibility index (Phi) is 6.08. The molecule has 0 amide bonds. The molecule has 0 atom stereocenters. The van der Waals surface area contributed by atoms with Crippen LogP contribution in [-0.2, 0) is 9.53 Å². The third-order valence-corrected chi connectivity index (χ3v) is 2.49. The molecule has 1 rings (SSSR count). The highest BCUT2D eigenvalue weighted by Gasteiger charge is 2.11. The maximum absolute atomic E-state index is 11.8. The monoisotopic (exact) mass is 232 g/mol. The van der Waals surface area contributed by atoms with E-state index in [0.29, 0.717) is 12.2 Å². The molecule has 0 saturated heterocycles. The van der Waals surface area contributed by atoms with Crippen LogP contribution in [0.4, 0.5) is 0 Å². The van der Waals surface area contributed by atoms with Crippen molar-refractivity contribution in [1.29, 1.82) is 0 Å². The van der Waals surface area contributed by atoms with Crippen LogP contribution in [0.25, 0.3) is 5.57 Å². The van der Waals surface area contributed by atoms with Crippen molar-refractivity contribution < 1.29 is 9.53 Å². The number of carbonyl (C=O) groups is 1. The summed E-state index contributed by atoms with van der Waals surface area (Å²) in [4.78, 5) is 11.8. The first kappa shape index (κ1) is 13.5. The second kappa shape index (κ2) is 7.66. The Labute approximate surface area is 103 Å². The van der Waals surface area contributed by atoms with Crippen molar-refractivity contribution in [3.05, 3.63) is 42.0 Å². The maximum atomic E-state index is 11.8. The number of benzene rings is 1. The van der Waals surface area contributed by atoms with Crippen molar-refractivity contribution in [3.8, 4) is 0 Å². The van der Waals surface area contributed by atoms with Gasteiger partial charge in [-0.2, -0.15) is 0 Å². The Bertz CT molecular complexity index is 366. The van der Waals surface area contributed by atoms with Gasteiger partial charge in [-0.3, -0.25) is 0 Å². The number of hydrogen-bond acceptors (Lipinski definition) is 2. The van der Waals surface area contributed by atoms with Gasteiger partial charge in [-0.15, -0.1) is 0 Å². The molecule has 0 aliphatic carbocycles. The number of unbranched alkanes of at least 4 members (excludes halogenated alkanes) is 2. The van der Waals surface area contributed by atoms with E-state index in [0.717, 1.165) is 24.8 Å². The molecule has 0 heterocycles. The molecule has 1 aromatic rings. The van der Waals surface area contributed by atoms with Crippen molar-refractivity contribution in [1.82, 2.24) is 0 Å². The minimum atomic E-state index is -0.227. The molecule has 2 heteroatoms. The Morgan fingerprint density at radius 2 is 1.94 bits per heavy atom. The van der Waals surface area contributed by atoms with E-state index in [1.54, 1.807) is 0 Å². The highest BCUT2D eigenvalue weighted by molar-refractivity contribution is 6.16. The topological polar surface area (TPSA) is 26.3 Å². The van der Waals surface area contributed by atoms with Gasteiger partial charge in [-0.25, -0.2) is 4.79 Å². The van der Waals surface area contributed by atoms with Crippen LogP contribution in [0.3, 0.4) is 0 Å². The van der Waals surface area contributed by atoms with E-state index in [9.17, 15) is 4.79 Å². The van der Waals surface area contributed by atoms with Gasteiger partial charge in [0.25, 0.3) is 0 Å². The number of allylic oxidation sites excluding steroid dienone is 1. The fraction of sp³-hybridized carbons (Fsp3) is 0.400. The van der Waals surface area contributed by atoms with Gasteiger partial charge < -0.3 is 4.74 Å². The fourth-order valence-corrected chi connectivity index (χ4v) is 1.60. The van der Waals surface area contributed by atoms with Crippen LogP contribution in [0.1, 0.15) is 38.7 Å². The standard InChI is InChI=1S/C15H20O2/c1-3-5-7-12-14(15(16)17-4-2)13-10-8-6-9-11-13/h6,8-12H,3-5,7H2,1-2H3/b14-12-. The average molecular weight is 232 g/mol. The van der Waals surface area contributed by atoms with E-state index in [4.69, 9.17) is 4.74 Å². The zero-order chi connectivity index (χ0) is 12.5. The highest BCUT2D eigenvalue weighted by Crippen LogP contribution is 2.17. The molecule has 0 aliphatic heterocycles. The van der Waals surface area contributed by atoms with Gasteiger partial charge in [-0.05, 0) is 18.9 Å². The summed E-state index contributed by atoms with van der Waals surface area (Å²) in [5.74, 6) is -0.227. The summed E-state index contributed by atoms with van der Waals surface area (Å²) in [5, 5.41) is 0. The van der Waals surface area contributed by atoms with Crippen LogP contribution in [0.2, 0.25) is 0 Å². The van der Waals surface area contributed by atoms with Gasteiger partial charge in [0.05, 0.1) is 12.2 Å². The molecule has 0 bridgehead atoms. The van der Waals surface area contributed by atoms with E-state index in [-0.39, 0.29) is 5.97 Å². The average Bonchev–Trinajstić information content (AvgIpc) is 2.36. The summed E-state index contributed by atoms with van der Waals surface area (Å²) in [6.45, 7) is 4.38. The van der Waals surface area contributed by atoms with Gasteiger partial charge >= 0.3 is 5.97 Å². The molecule has 0 aromatic heterocycles. The zero-order valence-electron chi connectivity index (χ0n) is 10.6. The van der Waals surface area contributed by atoms with Crippen LogP contribution in [0.5, 0.6) is 0 Å². The van der Waals surface area contributed by atoms with E-state index in [1.165, 1.54) is 0 Å². The second-order valence-corrected chi connectivity index (χ2v) is 3.85. The summed E-state index contributed by atoms with van der Waals surface area (Å²) in [6, 6.07) is 9.69. The van der Waals surface area contributed by atoms with Crippen molar-refractivity contribution in [2.75, 3.05) is 6.61 Å². The third kappa shape index (κ3) is 4.43. The minimum Gasteiger partial charge on any atom is -0.462 e. The number of carbonyl (C=O) groups excluding carboxylic acids is 1. The number of hydrogen-bond donors (Lipinski definition) is 0. The summed E-state index contributed by atoms with van der Waals surface area (Å²) < 4.78 is 5.08. The first-order valence-corrected chi connectivity index (χ1v) is 6.22. The molecule has 0 aliphatic rings. The molecule has 0 N–H and O–H groups in total. The van der Waals surface area contributed by atoms with E-state index < -0.39 is 0 Å². The maximum Gasteiger partial charge on any atom is 0.338 e. The first-order valence-electron chi connectivity index (χ1n) is 6.22. The lowest BCUT2D eigenvalue weighted by molar-refractivity contribution is -0.136. The van der Waals surface area contributed by atoms with Crippen LogP contribution >= 0.6 is 0 Å². The molecule has 0 unspecified atom stereocenters. The Hall–Kier alpha value is -1.57. The largest absolute Gasteiger partial charge is 0.462 e. The lowest BCUT2D eigenvalue weighted by atomic mass is 10.0. The van der Waals surface area contributed by atoms with Crippen molar-refractivity contribution in [2.45, 2.75) is 33.1 Å². The van der Waals surface area contributed by atoms with Crippen molar-refractivity contribution in [2.24, 2.45) is 0 Å². The van der Waals surface area contributed by atoms with E-state index >= 15 is 0 Å². The molecular formula is C15H20O2. The molecule has 0 saturated carbocycles. The van der Waals surface area contributed by atoms with E-state index in [1.807, 2.05) is 43.3 Å². The molecule has 1 aromatic carbocycles. The fourth-order valence-electron chi connectivity index (χ4n) is 1.60. The second-order valence-electron chi connectivity index (χ2n) is 3.85. The summed E-state index contributed by atoms with van der Waals surface area (Å²) in [7, 11) is 0. The molecule has 0 spiro atoms. The summed E-state index contributed by atoms with van der Waals surface area (Å²) in [5.41, 5.74) is 1.61. The Morgan fingerprint density at radius 3 is 2.53 bits per heavy atom. The smallest absolute Gasteiger partial charge is 0.338 e. The summed E-state index contributed by atoms with van der Waals surface area (Å²) in [6.07, 6.45) is 5.12. The predicted molar refractivity (Wildman–Crippen MR) is 70.6 cm³/mol. The van der Waals surface area contributed by atoms with Gasteiger partial charge in [0.1, 0.15) is 0 Å². The minimum absolute atomic E-state index is 0.227. The van der Waals surface area contributed by atoms with Gasteiger partial charge in [-0.1, -0.05) is 56.2 Å². The van der Waals surface area contributed by atoms with Crippen LogP contribution < -0.4 is 0 Å². The molecule has 0 radical (unpaired) electrons. The first-order chi connectivity index (χ1) is 8.29. The molecule has 0 fully saturated rings. The van der Waals surface area contributed by atoms with Crippen molar-refractivity contribution in [3.63, 3.8) is 0 Å². The lowest BCUT2D eigenvalue weighted by Gasteiger charge is -2.07.